The van der Waals surface area contributed by atoms with Gasteiger partial charge in [0.25, 0.3) is 0 Å². The minimum absolute atomic E-state index is 0.261. The van der Waals surface area contributed by atoms with E-state index < -0.39 is 0 Å². The highest BCUT2D eigenvalue weighted by molar-refractivity contribution is 5.51. The van der Waals surface area contributed by atoms with Crippen LogP contribution in [-0.4, -0.2) is 25.9 Å². The summed E-state index contributed by atoms with van der Waals surface area (Å²) in [6, 6.07) is 0. The van der Waals surface area contributed by atoms with E-state index in [0.717, 1.165) is 25.0 Å². The molecule has 0 bridgehead atoms. The fourth-order valence-electron chi connectivity index (χ4n) is 2.89. The molecule has 2 nitrogen and oxygen atoms in total. The first-order valence-electron chi connectivity index (χ1n) is 8.07. The number of hydrogen-bond acceptors (Lipinski definition) is 2. The topological polar surface area (TPSA) is 18.5 Å². The molecule has 2 heterocycles. The van der Waals surface area contributed by atoms with Gasteiger partial charge < -0.3 is 9.47 Å². The van der Waals surface area contributed by atoms with Gasteiger partial charge in [-0.3, -0.25) is 0 Å². The van der Waals surface area contributed by atoms with Crippen molar-refractivity contribution in [2.24, 2.45) is 0 Å². The molecule has 0 N–H and O–H groups in total. The van der Waals surface area contributed by atoms with Gasteiger partial charge in [0, 0.05) is 0 Å². The molecule has 0 amide bonds. The lowest BCUT2D eigenvalue weighted by atomic mass is 9.94. The Balaban J connectivity index is 2.09. The molecule has 0 spiro atoms. The molecule has 0 saturated heterocycles. The van der Waals surface area contributed by atoms with Crippen LogP contribution in [0.1, 0.15) is 52.4 Å². The van der Waals surface area contributed by atoms with E-state index in [9.17, 15) is 0 Å². The highest BCUT2D eigenvalue weighted by Gasteiger charge is 2.30. The summed E-state index contributed by atoms with van der Waals surface area (Å²) in [7, 11) is 0. The van der Waals surface area contributed by atoms with Gasteiger partial charge in [-0.2, -0.15) is 0 Å². The van der Waals surface area contributed by atoms with Crippen LogP contribution in [0.2, 0.25) is 0 Å². The summed E-state index contributed by atoms with van der Waals surface area (Å²) in [5.41, 5.74) is 5.09. The van der Waals surface area contributed by atoms with Crippen LogP contribution in [0.25, 0.3) is 0 Å². The van der Waals surface area contributed by atoms with Crippen molar-refractivity contribution < 1.29 is 9.47 Å². The average molecular weight is 276 g/mol. The average Bonchev–Trinajstić information content (AvgIpc) is 2.79. The minimum atomic E-state index is 0.261. The third kappa shape index (κ3) is 3.62. The van der Waals surface area contributed by atoms with E-state index in [1.165, 1.54) is 42.4 Å². The van der Waals surface area contributed by atoms with E-state index in [-0.39, 0.29) is 6.10 Å². The molecule has 0 aliphatic carbocycles. The van der Waals surface area contributed by atoms with E-state index in [2.05, 4.69) is 26.5 Å². The standard InChI is InChI=1S/C18H28O2/c1-4-6-8-9-15-11-19-12-17-16(14(15)3)13-20-18(17)10-7-5-2/h9,18H,3-8,10-13H2,1-2H3/b15-9-. The molecule has 0 saturated carbocycles. The Labute approximate surface area is 123 Å². The Kier molecular flexibility index (Phi) is 6.06. The molecule has 0 aromatic heterocycles. The lowest BCUT2D eigenvalue weighted by Crippen LogP contribution is -2.14. The largest absolute Gasteiger partial charge is 0.372 e. The molecule has 2 aliphatic heterocycles. The maximum absolute atomic E-state index is 5.96. The van der Waals surface area contributed by atoms with Crippen molar-refractivity contribution >= 4 is 0 Å². The highest BCUT2D eigenvalue weighted by atomic mass is 16.5. The van der Waals surface area contributed by atoms with Crippen LogP contribution in [0.15, 0.2) is 34.9 Å². The van der Waals surface area contributed by atoms with E-state index in [0.29, 0.717) is 13.2 Å². The second kappa shape index (κ2) is 7.80. The third-order valence-electron chi connectivity index (χ3n) is 4.24. The van der Waals surface area contributed by atoms with Crippen LogP contribution < -0.4 is 0 Å². The summed E-state index contributed by atoms with van der Waals surface area (Å²) in [6.45, 7) is 10.9. The fraction of sp³-hybridized carbons (Fsp3) is 0.667. The summed E-state index contributed by atoms with van der Waals surface area (Å²) < 4.78 is 11.8. The summed E-state index contributed by atoms with van der Waals surface area (Å²) in [5, 5.41) is 0. The van der Waals surface area contributed by atoms with E-state index >= 15 is 0 Å². The SMILES string of the molecule is C=C1C2=C(COC/C1=C/CCCC)C(CCCC)OC2. The van der Waals surface area contributed by atoms with Gasteiger partial charge in [0.15, 0.2) is 0 Å². The van der Waals surface area contributed by atoms with E-state index in [4.69, 9.17) is 9.47 Å². The Morgan fingerprint density at radius 3 is 2.70 bits per heavy atom. The molecule has 0 radical (unpaired) electrons. The molecule has 2 heteroatoms. The zero-order valence-corrected chi connectivity index (χ0v) is 13.0. The lowest BCUT2D eigenvalue weighted by molar-refractivity contribution is 0.0931. The second-order valence-corrected chi connectivity index (χ2v) is 5.79. The van der Waals surface area contributed by atoms with Crippen molar-refractivity contribution in [3.05, 3.63) is 34.9 Å². The van der Waals surface area contributed by atoms with Gasteiger partial charge in [0.1, 0.15) is 0 Å². The Hall–Kier alpha value is -0.860. The first-order valence-corrected chi connectivity index (χ1v) is 8.07. The maximum atomic E-state index is 5.96. The van der Waals surface area contributed by atoms with Gasteiger partial charge in [0.2, 0.25) is 0 Å². The molecule has 0 aromatic carbocycles. The monoisotopic (exact) mass is 276 g/mol. The van der Waals surface area contributed by atoms with E-state index in [1.54, 1.807) is 0 Å². The number of unbranched alkanes of at least 4 members (excludes halogenated alkanes) is 3. The molecule has 2 rings (SSSR count). The predicted octanol–water partition coefficient (Wildman–Crippen LogP) is 4.58. The van der Waals surface area contributed by atoms with Crippen molar-refractivity contribution in [2.75, 3.05) is 19.8 Å². The molecule has 2 aliphatic rings. The van der Waals surface area contributed by atoms with Crippen LogP contribution >= 0.6 is 0 Å². The summed E-state index contributed by atoms with van der Waals surface area (Å²) in [6.07, 6.45) is 9.70. The molecule has 1 atom stereocenters. The summed E-state index contributed by atoms with van der Waals surface area (Å²) in [4.78, 5) is 0. The second-order valence-electron chi connectivity index (χ2n) is 5.79. The Bertz CT molecular complexity index is 404. The van der Waals surface area contributed by atoms with Crippen molar-refractivity contribution in [3.63, 3.8) is 0 Å². The van der Waals surface area contributed by atoms with Gasteiger partial charge in [-0.15, -0.1) is 0 Å². The van der Waals surface area contributed by atoms with Gasteiger partial charge in [-0.05, 0) is 35.1 Å². The van der Waals surface area contributed by atoms with Crippen molar-refractivity contribution in [1.82, 2.24) is 0 Å². The molecule has 0 fully saturated rings. The summed E-state index contributed by atoms with van der Waals surface area (Å²) >= 11 is 0. The maximum Gasteiger partial charge on any atom is 0.0818 e. The van der Waals surface area contributed by atoms with Crippen LogP contribution in [-0.2, 0) is 9.47 Å². The first kappa shape index (κ1) is 15.5. The predicted molar refractivity (Wildman–Crippen MR) is 83.9 cm³/mol. The fourth-order valence-corrected chi connectivity index (χ4v) is 2.89. The first-order chi connectivity index (χ1) is 9.77. The Morgan fingerprint density at radius 1 is 1.15 bits per heavy atom. The van der Waals surface area contributed by atoms with Crippen LogP contribution in [0, 0.1) is 0 Å². The number of allylic oxidation sites excluding steroid dienone is 1. The van der Waals surface area contributed by atoms with Gasteiger partial charge in [-0.1, -0.05) is 52.2 Å². The number of hydrogen-bond donors (Lipinski definition) is 0. The van der Waals surface area contributed by atoms with Gasteiger partial charge >= 0.3 is 0 Å². The molecule has 112 valence electrons. The quantitative estimate of drug-likeness (QED) is 0.661. The normalized spacial score (nSPS) is 25.2. The van der Waals surface area contributed by atoms with Crippen molar-refractivity contribution in [1.29, 1.82) is 0 Å². The van der Waals surface area contributed by atoms with Gasteiger partial charge in [-0.25, -0.2) is 0 Å². The van der Waals surface area contributed by atoms with Gasteiger partial charge in [0.05, 0.1) is 25.9 Å². The molecule has 0 aromatic rings. The van der Waals surface area contributed by atoms with Crippen molar-refractivity contribution in [3.8, 4) is 0 Å². The summed E-state index contributed by atoms with van der Waals surface area (Å²) in [5.74, 6) is 0. The highest BCUT2D eigenvalue weighted by Crippen LogP contribution is 2.34. The molecule has 1 unspecified atom stereocenters. The minimum Gasteiger partial charge on any atom is -0.372 e. The Morgan fingerprint density at radius 2 is 1.95 bits per heavy atom. The lowest BCUT2D eigenvalue weighted by Gasteiger charge is -2.13. The third-order valence-corrected chi connectivity index (χ3v) is 4.24. The molecular formula is C18H28O2. The zero-order valence-electron chi connectivity index (χ0n) is 13.0. The number of rotatable bonds is 6. The zero-order chi connectivity index (χ0) is 14.4. The van der Waals surface area contributed by atoms with E-state index in [1.807, 2.05) is 0 Å². The smallest absolute Gasteiger partial charge is 0.0818 e. The van der Waals surface area contributed by atoms with Crippen LogP contribution in [0.4, 0.5) is 0 Å². The number of ether oxygens (including phenoxy) is 2. The molecule has 20 heavy (non-hydrogen) atoms. The van der Waals surface area contributed by atoms with Crippen LogP contribution in [0.3, 0.4) is 0 Å². The van der Waals surface area contributed by atoms with Crippen LogP contribution in [0.5, 0.6) is 0 Å². The van der Waals surface area contributed by atoms with Crippen molar-refractivity contribution in [2.45, 2.75) is 58.5 Å². The molecular weight excluding hydrogens is 248 g/mol.